The zero-order chi connectivity index (χ0) is 15.8. The van der Waals surface area contributed by atoms with Crippen molar-refractivity contribution in [3.63, 3.8) is 0 Å². The molecule has 6 nitrogen and oxygen atoms in total. The largest absolute Gasteiger partial charge is 0.351 e. The van der Waals surface area contributed by atoms with Gasteiger partial charge in [-0.15, -0.1) is 0 Å². The second kappa shape index (κ2) is 8.07. The van der Waals surface area contributed by atoms with E-state index in [0.717, 1.165) is 24.1 Å². The molecule has 0 aliphatic heterocycles. The van der Waals surface area contributed by atoms with Gasteiger partial charge in [0.05, 0.1) is 0 Å². The highest BCUT2D eigenvalue weighted by atomic mass is 16.1. The Labute approximate surface area is 130 Å². The van der Waals surface area contributed by atoms with Gasteiger partial charge in [0.15, 0.2) is 0 Å². The average molecular weight is 299 g/mol. The van der Waals surface area contributed by atoms with Crippen LogP contribution in [0.3, 0.4) is 0 Å². The van der Waals surface area contributed by atoms with Crippen LogP contribution in [0.4, 0.5) is 5.95 Å². The first-order valence-electron chi connectivity index (χ1n) is 7.45. The molecule has 0 aliphatic rings. The molecule has 0 aliphatic carbocycles. The number of hydrogen-bond acceptors (Lipinski definition) is 5. The maximum Gasteiger partial charge on any atom is 0.270 e. The van der Waals surface area contributed by atoms with Crippen molar-refractivity contribution in [3.8, 4) is 0 Å². The standard InChI is InChI=1S/C16H21N5O/c1-3-4-8-18-15(22)14-9-12(2)20-16(21-14)19-11-13-6-5-7-17-10-13/h5-7,9-10H,3-4,8,11H2,1-2H3,(H,18,22)(H,19,20,21). The second-order valence-corrected chi connectivity index (χ2v) is 5.04. The van der Waals surface area contributed by atoms with Gasteiger partial charge in [-0.1, -0.05) is 19.4 Å². The minimum atomic E-state index is -0.164. The quantitative estimate of drug-likeness (QED) is 0.767. The highest BCUT2D eigenvalue weighted by Gasteiger charge is 2.10. The third-order valence-corrected chi connectivity index (χ3v) is 3.08. The number of anilines is 1. The van der Waals surface area contributed by atoms with E-state index in [1.54, 1.807) is 18.5 Å². The van der Waals surface area contributed by atoms with Gasteiger partial charge in [-0.2, -0.15) is 0 Å². The summed E-state index contributed by atoms with van der Waals surface area (Å²) < 4.78 is 0. The predicted molar refractivity (Wildman–Crippen MR) is 85.6 cm³/mol. The molecule has 0 atom stereocenters. The smallest absolute Gasteiger partial charge is 0.270 e. The lowest BCUT2D eigenvalue weighted by atomic mass is 10.3. The fourth-order valence-corrected chi connectivity index (χ4v) is 1.92. The van der Waals surface area contributed by atoms with Crippen molar-refractivity contribution >= 4 is 11.9 Å². The summed E-state index contributed by atoms with van der Waals surface area (Å²) in [6, 6.07) is 5.53. The summed E-state index contributed by atoms with van der Waals surface area (Å²) in [5.74, 6) is 0.285. The van der Waals surface area contributed by atoms with Crippen molar-refractivity contribution in [3.05, 3.63) is 47.5 Å². The van der Waals surface area contributed by atoms with Crippen LogP contribution >= 0.6 is 0 Å². The van der Waals surface area contributed by atoms with Gasteiger partial charge >= 0.3 is 0 Å². The number of unbranched alkanes of at least 4 members (excludes halogenated alkanes) is 1. The van der Waals surface area contributed by atoms with Crippen LogP contribution in [0.5, 0.6) is 0 Å². The van der Waals surface area contributed by atoms with Crippen molar-refractivity contribution in [2.75, 3.05) is 11.9 Å². The summed E-state index contributed by atoms with van der Waals surface area (Å²) in [4.78, 5) is 24.7. The molecule has 2 aromatic rings. The van der Waals surface area contributed by atoms with Gasteiger partial charge in [0.1, 0.15) is 5.69 Å². The number of hydrogen-bond donors (Lipinski definition) is 2. The first-order chi connectivity index (χ1) is 10.7. The number of carbonyl (C=O) groups is 1. The molecule has 2 aromatic heterocycles. The molecule has 0 saturated carbocycles. The van der Waals surface area contributed by atoms with E-state index in [-0.39, 0.29) is 5.91 Å². The molecule has 2 N–H and O–H groups in total. The Morgan fingerprint density at radius 1 is 1.32 bits per heavy atom. The molecule has 0 radical (unpaired) electrons. The molecule has 0 fully saturated rings. The molecular formula is C16H21N5O. The van der Waals surface area contributed by atoms with Crippen molar-refractivity contribution in [2.24, 2.45) is 0 Å². The SMILES string of the molecule is CCCCNC(=O)c1cc(C)nc(NCc2cccnc2)n1. The van der Waals surface area contributed by atoms with Crippen LogP contribution < -0.4 is 10.6 Å². The van der Waals surface area contributed by atoms with Gasteiger partial charge in [-0.25, -0.2) is 9.97 Å². The Hall–Kier alpha value is -2.50. The van der Waals surface area contributed by atoms with Crippen molar-refractivity contribution in [1.82, 2.24) is 20.3 Å². The molecule has 2 heterocycles. The number of nitrogens with zero attached hydrogens (tertiary/aromatic N) is 3. The lowest BCUT2D eigenvalue weighted by Crippen LogP contribution is -2.26. The van der Waals surface area contributed by atoms with Crippen molar-refractivity contribution < 1.29 is 4.79 Å². The number of rotatable bonds is 7. The van der Waals surface area contributed by atoms with E-state index in [0.29, 0.717) is 24.7 Å². The van der Waals surface area contributed by atoms with Crippen molar-refractivity contribution in [2.45, 2.75) is 33.2 Å². The minimum absolute atomic E-state index is 0.164. The Morgan fingerprint density at radius 2 is 2.18 bits per heavy atom. The summed E-state index contributed by atoms with van der Waals surface area (Å²) >= 11 is 0. The van der Waals surface area contributed by atoms with Crippen LogP contribution in [0.15, 0.2) is 30.6 Å². The van der Waals surface area contributed by atoms with Gasteiger partial charge in [0.2, 0.25) is 5.95 Å². The Morgan fingerprint density at radius 3 is 2.91 bits per heavy atom. The molecule has 0 aromatic carbocycles. The maximum atomic E-state index is 12.1. The normalized spacial score (nSPS) is 10.3. The van der Waals surface area contributed by atoms with Crippen LogP contribution in [-0.4, -0.2) is 27.4 Å². The van der Waals surface area contributed by atoms with Crippen LogP contribution in [0.25, 0.3) is 0 Å². The Bertz CT molecular complexity index is 615. The number of amides is 1. The summed E-state index contributed by atoms with van der Waals surface area (Å²) in [5.41, 5.74) is 2.17. The van der Waals surface area contributed by atoms with Crippen LogP contribution in [0.1, 0.15) is 41.5 Å². The topological polar surface area (TPSA) is 79.8 Å². The summed E-state index contributed by atoms with van der Waals surface area (Å²) in [7, 11) is 0. The highest BCUT2D eigenvalue weighted by molar-refractivity contribution is 5.92. The van der Waals surface area contributed by atoms with E-state index in [1.165, 1.54) is 0 Å². The minimum Gasteiger partial charge on any atom is -0.351 e. The molecule has 1 amide bonds. The van der Waals surface area contributed by atoms with E-state index in [2.05, 4.69) is 32.5 Å². The third kappa shape index (κ3) is 4.80. The van der Waals surface area contributed by atoms with Gasteiger partial charge in [0, 0.05) is 31.2 Å². The lowest BCUT2D eigenvalue weighted by Gasteiger charge is -2.08. The second-order valence-electron chi connectivity index (χ2n) is 5.04. The first-order valence-corrected chi connectivity index (χ1v) is 7.45. The zero-order valence-electron chi connectivity index (χ0n) is 13.0. The van der Waals surface area contributed by atoms with E-state index in [1.807, 2.05) is 19.1 Å². The summed E-state index contributed by atoms with van der Waals surface area (Å²) in [6.07, 6.45) is 5.51. The molecule has 0 spiro atoms. The zero-order valence-corrected chi connectivity index (χ0v) is 13.0. The van der Waals surface area contributed by atoms with Gasteiger partial charge in [0.25, 0.3) is 5.91 Å². The number of nitrogens with one attached hydrogen (secondary N) is 2. The monoisotopic (exact) mass is 299 g/mol. The lowest BCUT2D eigenvalue weighted by molar-refractivity contribution is 0.0948. The number of carbonyl (C=O) groups excluding carboxylic acids is 1. The predicted octanol–water partition coefficient (Wildman–Crippen LogP) is 2.32. The van der Waals surface area contributed by atoms with E-state index < -0.39 is 0 Å². The molecule has 22 heavy (non-hydrogen) atoms. The third-order valence-electron chi connectivity index (χ3n) is 3.08. The number of pyridine rings is 1. The van der Waals surface area contributed by atoms with Gasteiger partial charge < -0.3 is 10.6 Å². The molecule has 0 unspecified atom stereocenters. The van der Waals surface area contributed by atoms with E-state index >= 15 is 0 Å². The van der Waals surface area contributed by atoms with Gasteiger partial charge in [-0.3, -0.25) is 9.78 Å². The van der Waals surface area contributed by atoms with E-state index in [9.17, 15) is 4.79 Å². The molecule has 0 bridgehead atoms. The fourth-order valence-electron chi connectivity index (χ4n) is 1.92. The Kier molecular flexibility index (Phi) is 5.82. The summed E-state index contributed by atoms with van der Waals surface area (Å²) in [5, 5.41) is 5.98. The number of aromatic nitrogens is 3. The Balaban J connectivity index is 2.01. The van der Waals surface area contributed by atoms with Crippen LogP contribution in [0.2, 0.25) is 0 Å². The van der Waals surface area contributed by atoms with Crippen LogP contribution in [0, 0.1) is 6.92 Å². The molecule has 0 saturated heterocycles. The molecule has 2 rings (SSSR count). The van der Waals surface area contributed by atoms with E-state index in [4.69, 9.17) is 0 Å². The molecule has 6 heteroatoms. The highest BCUT2D eigenvalue weighted by Crippen LogP contribution is 2.07. The molecular weight excluding hydrogens is 278 g/mol. The van der Waals surface area contributed by atoms with Crippen molar-refractivity contribution in [1.29, 1.82) is 0 Å². The molecule has 116 valence electrons. The van der Waals surface area contributed by atoms with Gasteiger partial charge in [-0.05, 0) is 31.0 Å². The first kappa shape index (κ1) is 15.9. The fraction of sp³-hybridized carbons (Fsp3) is 0.375. The summed E-state index contributed by atoms with van der Waals surface area (Å²) in [6.45, 7) is 5.16. The van der Waals surface area contributed by atoms with Crippen LogP contribution in [-0.2, 0) is 6.54 Å². The maximum absolute atomic E-state index is 12.1. The number of aryl methyl sites for hydroxylation is 1. The average Bonchev–Trinajstić information content (AvgIpc) is 2.53.